The zero-order chi connectivity index (χ0) is 12.3. The van der Waals surface area contributed by atoms with Crippen molar-refractivity contribution in [2.45, 2.75) is 12.8 Å². The molecule has 0 saturated carbocycles. The van der Waals surface area contributed by atoms with Gasteiger partial charge in [0, 0.05) is 12.2 Å². The molecule has 1 atom stereocenters. The van der Waals surface area contributed by atoms with E-state index in [1.54, 1.807) is 12.1 Å². The number of anilines is 1. The van der Waals surface area contributed by atoms with Crippen molar-refractivity contribution in [2.24, 2.45) is 5.92 Å². The number of carbonyl (C=O) groups excluding carboxylic acids is 1. The van der Waals surface area contributed by atoms with E-state index in [0.717, 1.165) is 25.9 Å². The van der Waals surface area contributed by atoms with Crippen molar-refractivity contribution in [3.63, 3.8) is 0 Å². The van der Waals surface area contributed by atoms with Crippen molar-refractivity contribution in [2.75, 3.05) is 25.5 Å². The first-order valence-electron chi connectivity index (χ1n) is 5.90. The average Bonchev–Trinajstić information content (AvgIpc) is 2.32. The molecule has 3 nitrogen and oxygen atoms in total. The molecule has 0 unspecified atom stereocenters. The fraction of sp³-hybridized carbons (Fsp3) is 0.462. The van der Waals surface area contributed by atoms with Gasteiger partial charge in [-0.05, 0) is 50.7 Å². The Bertz CT molecular complexity index is 391. The van der Waals surface area contributed by atoms with Crippen molar-refractivity contribution in [3.8, 4) is 0 Å². The molecule has 1 N–H and O–H groups in total. The Labute approximate surface area is 101 Å². The SMILES string of the molecule is CN1CCC[C@H](C(=O)Nc2ccc(F)cc2)C1. The molecular weight excluding hydrogens is 219 g/mol. The Morgan fingerprint density at radius 2 is 2.12 bits per heavy atom. The lowest BCUT2D eigenvalue weighted by molar-refractivity contribution is -0.121. The van der Waals surface area contributed by atoms with Gasteiger partial charge in [0.2, 0.25) is 5.91 Å². The van der Waals surface area contributed by atoms with Crippen LogP contribution < -0.4 is 5.32 Å². The number of hydrogen-bond acceptors (Lipinski definition) is 2. The van der Waals surface area contributed by atoms with E-state index in [1.165, 1.54) is 12.1 Å². The molecule has 1 amide bonds. The number of nitrogens with one attached hydrogen (secondary N) is 1. The molecule has 1 aliphatic rings. The molecule has 1 saturated heterocycles. The highest BCUT2D eigenvalue weighted by molar-refractivity contribution is 5.92. The second kappa shape index (κ2) is 5.27. The minimum absolute atomic E-state index is 0.0307. The van der Waals surface area contributed by atoms with Gasteiger partial charge in [-0.3, -0.25) is 4.79 Å². The van der Waals surface area contributed by atoms with E-state index < -0.39 is 0 Å². The molecule has 0 radical (unpaired) electrons. The Hall–Kier alpha value is -1.42. The molecule has 17 heavy (non-hydrogen) atoms. The topological polar surface area (TPSA) is 32.3 Å². The van der Waals surface area contributed by atoms with Crippen molar-refractivity contribution < 1.29 is 9.18 Å². The molecule has 0 aromatic heterocycles. The molecule has 1 aliphatic heterocycles. The summed E-state index contributed by atoms with van der Waals surface area (Å²) in [4.78, 5) is 14.1. The van der Waals surface area contributed by atoms with Gasteiger partial charge in [-0.15, -0.1) is 0 Å². The van der Waals surface area contributed by atoms with Gasteiger partial charge in [-0.1, -0.05) is 0 Å². The number of halogens is 1. The highest BCUT2D eigenvalue weighted by atomic mass is 19.1. The van der Waals surface area contributed by atoms with Crippen molar-refractivity contribution >= 4 is 11.6 Å². The summed E-state index contributed by atoms with van der Waals surface area (Å²) in [6.07, 6.45) is 1.98. The summed E-state index contributed by atoms with van der Waals surface area (Å²) in [7, 11) is 2.03. The van der Waals surface area contributed by atoms with Gasteiger partial charge in [0.05, 0.1) is 5.92 Å². The van der Waals surface area contributed by atoms with Gasteiger partial charge in [-0.25, -0.2) is 4.39 Å². The maximum Gasteiger partial charge on any atom is 0.228 e. The van der Waals surface area contributed by atoms with E-state index in [0.29, 0.717) is 5.69 Å². The largest absolute Gasteiger partial charge is 0.326 e. The van der Waals surface area contributed by atoms with Crippen molar-refractivity contribution in [3.05, 3.63) is 30.1 Å². The minimum Gasteiger partial charge on any atom is -0.326 e. The fourth-order valence-corrected chi connectivity index (χ4v) is 2.16. The molecule has 1 aromatic rings. The predicted molar refractivity (Wildman–Crippen MR) is 65.3 cm³/mol. The second-order valence-electron chi connectivity index (χ2n) is 4.60. The lowest BCUT2D eigenvalue weighted by atomic mass is 9.97. The summed E-state index contributed by atoms with van der Waals surface area (Å²) in [6, 6.07) is 5.87. The van der Waals surface area contributed by atoms with Crippen LogP contribution in [-0.4, -0.2) is 30.9 Å². The summed E-state index contributed by atoms with van der Waals surface area (Å²) in [5.41, 5.74) is 0.657. The normalized spacial score (nSPS) is 21.2. The van der Waals surface area contributed by atoms with Crippen LogP contribution in [0.4, 0.5) is 10.1 Å². The number of piperidine rings is 1. The van der Waals surface area contributed by atoms with Crippen LogP contribution in [0.1, 0.15) is 12.8 Å². The summed E-state index contributed by atoms with van der Waals surface area (Å²) < 4.78 is 12.7. The molecule has 0 bridgehead atoms. The third kappa shape index (κ3) is 3.27. The summed E-state index contributed by atoms with van der Waals surface area (Å²) in [5.74, 6) is -0.220. The molecule has 1 aromatic carbocycles. The monoisotopic (exact) mass is 236 g/mol. The van der Waals surface area contributed by atoms with Gasteiger partial charge in [0.25, 0.3) is 0 Å². The van der Waals surface area contributed by atoms with E-state index in [2.05, 4.69) is 10.2 Å². The first kappa shape index (κ1) is 12.0. The molecule has 2 rings (SSSR count). The molecule has 0 spiro atoms. The standard InChI is InChI=1S/C13H17FN2O/c1-16-8-2-3-10(9-16)13(17)15-12-6-4-11(14)5-7-12/h4-7,10H,2-3,8-9H2,1H3,(H,15,17)/t10-/m0/s1. The number of amides is 1. The Morgan fingerprint density at radius 1 is 1.41 bits per heavy atom. The maximum atomic E-state index is 12.7. The average molecular weight is 236 g/mol. The van der Waals surface area contributed by atoms with Gasteiger partial charge < -0.3 is 10.2 Å². The van der Waals surface area contributed by atoms with Gasteiger partial charge in [-0.2, -0.15) is 0 Å². The number of nitrogens with zero attached hydrogens (tertiary/aromatic N) is 1. The van der Waals surface area contributed by atoms with Crippen LogP contribution in [0.15, 0.2) is 24.3 Å². The second-order valence-corrected chi connectivity index (χ2v) is 4.60. The van der Waals surface area contributed by atoms with E-state index in [1.807, 2.05) is 7.05 Å². The molecule has 0 aliphatic carbocycles. The molecular formula is C13H17FN2O. The van der Waals surface area contributed by atoms with Crippen LogP contribution >= 0.6 is 0 Å². The Kier molecular flexibility index (Phi) is 3.74. The van der Waals surface area contributed by atoms with Crippen LogP contribution in [0.25, 0.3) is 0 Å². The summed E-state index contributed by atoms with van der Waals surface area (Å²) >= 11 is 0. The Balaban J connectivity index is 1.94. The predicted octanol–water partition coefficient (Wildman–Crippen LogP) is 2.11. The smallest absolute Gasteiger partial charge is 0.228 e. The fourth-order valence-electron chi connectivity index (χ4n) is 2.16. The zero-order valence-corrected chi connectivity index (χ0v) is 9.95. The number of likely N-dealkylation sites (tertiary alicyclic amines) is 1. The minimum atomic E-state index is -0.291. The van der Waals surface area contributed by atoms with Gasteiger partial charge in [0.1, 0.15) is 5.82 Å². The van der Waals surface area contributed by atoms with Crippen molar-refractivity contribution in [1.29, 1.82) is 0 Å². The van der Waals surface area contributed by atoms with Gasteiger partial charge >= 0.3 is 0 Å². The Morgan fingerprint density at radius 3 is 2.76 bits per heavy atom. The summed E-state index contributed by atoms with van der Waals surface area (Å²) in [5, 5.41) is 2.83. The van der Waals surface area contributed by atoms with Crippen LogP contribution in [0.5, 0.6) is 0 Å². The third-order valence-corrected chi connectivity index (χ3v) is 3.11. The number of rotatable bonds is 2. The quantitative estimate of drug-likeness (QED) is 0.853. The zero-order valence-electron chi connectivity index (χ0n) is 9.95. The van der Waals surface area contributed by atoms with E-state index in [-0.39, 0.29) is 17.6 Å². The third-order valence-electron chi connectivity index (χ3n) is 3.11. The number of carbonyl (C=O) groups is 1. The lowest BCUT2D eigenvalue weighted by Gasteiger charge is -2.28. The first-order valence-corrected chi connectivity index (χ1v) is 5.90. The highest BCUT2D eigenvalue weighted by Crippen LogP contribution is 2.17. The van der Waals surface area contributed by atoms with Crippen LogP contribution in [0.3, 0.4) is 0 Å². The molecule has 92 valence electrons. The number of benzene rings is 1. The molecule has 4 heteroatoms. The highest BCUT2D eigenvalue weighted by Gasteiger charge is 2.23. The van der Waals surface area contributed by atoms with E-state index in [9.17, 15) is 9.18 Å². The first-order chi connectivity index (χ1) is 8.15. The van der Waals surface area contributed by atoms with Crippen molar-refractivity contribution in [1.82, 2.24) is 4.90 Å². The van der Waals surface area contributed by atoms with E-state index >= 15 is 0 Å². The van der Waals surface area contributed by atoms with E-state index in [4.69, 9.17) is 0 Å². The van der Waals surface area contributed by atoms with Crippen LogP contribution in [0.2, 0.25) is 0 Å². The lowest BCUT2D eigenvalue weighted by Crippen LogP contribution is -2.38. The maximum absolute atomic E-state index is 12.7. The number of hydrogen-bond donors (Lipinski definition) is 1. The van der Waals surface area contributed by atoms with Crippen LogP contribution in [-0.2, 0) is 4.79 Å². The molecule has 1 fully saturated rings. The summed E-state index contributed by atoms with van der Waals surface area (Å²) in [6.45, 7) is 1.85. The molecule has 1 heterocycles. The van der Waals surface area contributed by atoms with Crippen LogP contribution in [0, 0.1) is 11.7 Å². The van der Waals surface area contributed by atoms with Gasteiger partial charge in [0.15, 0.2) is 0 Å².